The van der Waals surface area contributed by atoms with E-state index in [0.717, 1.165) is 0 Å². The van der Waals surface area contributed by atoms with Gasteiger partial charge < -0.3 is 16.0 Å². The van der Waals surface area contributed by atoms with E-state index in [1.807, 2.05) is 6.92 Å². The second kappa shape index (κ2) is 8.84. The zero-order valence-electron chi connectivity index (χ0n) is 9.76. The van der Waals surface area contributed by atoms with Gasteiger partial charge in [-0.3, -0.25) is 14.4 Å². The summed E-state index contributed by atoms with van der Waals surface area (Å²) in [6, 6.07) is 0. The van der Waals surface area contributed by atoms with Crippen molar-refractivity contribution in [2.45, 2.75) is 20.3 Å². The smallest absolute Gasteiger partial charge is 0.239 e. The molecule has 0 saturated carbocycles. The molecule has 0 atom stereocenters. The molecule has 16 heavy (non-hydrogen) atoms. The molecular formula is C10H19N3O3. The second-order valence-corrected chi connectivity index (χ2v) is 3.23. The lowest BCUT2D eigenvalue weighted by Crippen LogP contribution is -2.41. The Morgan fingerprint density at radius 1 is 0.875 bits per heavy atom. The number of Topliss-reactive ketones (excluding diaryl/α,β-unsaturated/α-hetero) is 1. The highest BCUT2D eigenvalue weighted by Gasteiger charge is 2.05. The van der Waals surface area contributed by atoms with Crippen LogP contribution in [-0.4, -0.2) is 43.8 Å². The number of carbonyl (C=O) groups excluding carboxylic acids is 3. The first-order valence-corrected chi connectivity index (χ1v) is 5.36. The van der Waals surface area contributed by atoms with Crippen molar-refractivity contribution >= 4 is 17.6 Å². The molecule has 0 aliphatic heterocycles. The Morgan fingerprint density at radius 3 is 2.00 bits per heavy atom. The standard InChI is InChI=1S/C10H19N3O3/c1-3-8(14)5-12-10(16)7-13-9(15)6-11-4-2/h11H,3-7H2,1-2H3,(H,12,16)(H,13,15). The number of nitrogens with one attached hydrogen (secondary N) is 3. The minimum absolute atomic E-state index is 0.0262. The number of likely N-dealkylation sites (N-methyl/N-ethyl adjacent to an activating group) is 1. The van der Waals surface area contributed by atoms with Crippen LogP contribution in [0.4, 0.5) is 0 Å². The largest absolute Gasteiger partial charge is 0.347 e. The van der Waals surface area contributed by atoms with Crippen molar-refractivity contribution in [3.05, 3.63) is 0 Å². The van der Waals surface area contributed by atoms with E-state index in [4.69, 9.17) is 0 Å². The summed E-state index contributed by atoms with van der Waals surface area (Å²) < 4.78 is 0. The first-order chi connectivity index (χ1) is 7.60. The minimum atomic E-state index is -0.355. The van der Waals surface area contributed by atoms with Crippen LogP contribution in [-0.2, 0) is 14.4 Å². The molecule has 0 saturated heterocycles. The van der Waals surface area contributed by atoms with E-state index in [1.165, 1.54) is 0 Å². The molecule has 0 fully saturated rings. The van der Waals surface area contributed by atoms with Crippen molar-refractivity contribution in [2.75, 3.05) is 26.2 Å². The van der Waals surface area contributed by atoms with E-state index in [2.05, 4.69) is 16.0 Å². The van der Waals surface area contributed by atoms with Gasteiger partial charge in [-0.25, -0.2) is 0 Å². The summed E-state index contributed by atoms with van der Waals surface area (Å²) in [5.74, 6) is -0.627. The average molecular weight is 229 g/mol. The molecule has 2 amide bonds. The zero-order valence-corrected chi connectivity index (χ0v) is 9.76. The molecule has 0 radical (unpaired) electrons. The molecule has 92 valence electrons. The van der Waals surface area contributed by atoms with Gasteiger partial charge in [-0.1, -0.05) is 13.8 Å². The lowest BCUT2D eigenvalue weighted by molar-refractivity contribution is -0.126. The van der Waals surface area contributed by atoms with Crippen molar-refractivity contribution in [1.29, 1.82) is 0 Å². The molecule has 0 aromatic rings. The Kier molecular flexibility index (Phi) is 8.05. The SMILES string of the molecule is CCNCC(=O)NCC(=O)NCC(=O)CC. The molecule has 0 aromatic heterocycles. The van der Waals surface area contributed by atoms with Crippen LogP contribution >= 0.6 is 0 Å². The van der Waals surface area contributed by atoms with Crippen LogP contribution in [0, 0.1) is 0 Å². The predicted molar refractivity (Wildman–Crippen MR) is 59.9 cm³/mol. The molecule has 6 heteroatoms. The third kappa shape index (κ3) is 7.93. The molecule has 6 nitrogen and oxygen atoms in total. The van der Waals surface area contributed by atoms with Crippen molar-refractivity contribution in [2.24, 2.45) is 0 Å². The van der Waals surface area contributed by atoms with E-state index in [0.29, 0.717) is 13.0 Å². The Bertz CT molecular complexity index is 254. The number of hydrogen-bond acceptors (Lipinski definition) is 4. The molecule has 0 aromatic carbocycles. The summed E-state index contributed by atoms with van der Waals surface area (Å²) in [6.45, 7) is 4.44. The average Bonchev–Trinajstić information content (AvgIpc) is 2.30. The highest BCUT2D eigenvalue weighted by atomic mass is 16.2. The lowest BCUT2D eigenvalue weighted by atomic mass is 10.3. The Labute approximate surface area is 95.2 Å². The van der Waals surface area contributed by atoms with Crippen LogP contribution in [0.25, 0.3) is 0 Å². The number of rotatable bonds is 8. The third-order valence-corrected chi connectivity index (χ3v) is 1.86. The van der Waals surface area contributed by atoms with Gasteiger partial charge in [0.1, 0.15) is 0 Å². The first kappa shape index (κ1) is 14.6. The number of ketones is 1. The number of amides is 2. The van der Waals surface area contributed by atoms with Gasteiger partial charge in [-0.05, 0) is 6.54 Å². The fourth-order valence-corrected chi connectivity index (χ4v) is 0.865. The van der Waals surface area contributed by atoms with Gasteiger partial charge in [0.15, 0.2) is 5.78 Å². The van der Waals surface area contributed by atoms with Gasteiger partial charge in [-0.2, -0.15) is 0 Å². The maximum absolute atomic E-state index is 11.1. The Hall–Kier alpha value is -1.43. The monoisotopic (exact) mass is 229 g/mol. The molecule has 0 unspecified atom stereocenters. The van der Waals surface area contributed by atoms with Crippen molar-refractivity contribution in [3.63, 3.8) is 0 Å². The highest BCUT2D eigenvalue weighted by Crippen LogP contribution is 1.77. The first-order valence-electron chi connectivity index (χ1n) is 5.36. The van der Waals surface area contributed by atoms with Gasteiger partial charge in [0, 0.05) is 6.42 Å². The molecule has 0 spiro atoms. The Morgan fingerprint density at radius 2 is 1.44 bits per heavy atom. The molecule has 0 rings (SSSR count). The van der Waals surface area contributed by atoms with Crippen LogP contribution in [0.1, 0.15) is 20.3 Å². The van der Waals surface area contributed by atoms with Crippen LogP contribution in [0.15, 0.2) is 0 Å². The molecule has 0 heterocycles. The molecular weight excluding hydrogens is 210 g/mol. The summed E-state index contributed by atoms with van der Waals surface area (Å²) >= 11 is 0. The summed E-state index contributed by atoms with van der Waals surface area (Å²) in [4.78, 5) is 33.1. The lowest BCUT2D eigenvalue weighted by Gasteiger charge is -2.06. The normalized spacial score (nSPS) is 9.62. The van der Waals surface area contributed by atoms with E-state index < -0.39 is 0 Å². The summed E-state index contributed by atoms with van der Waals surface area (Å²) in [6.07, 6.45) is 0.396. The van der Waals surface area contributed by atoms with Gasteiger partial charge in [-0.15, -0.1) is 0 Å². The topological polar surface area (TPSA) is 87.3 Å². The molecule has 0 aliphatic rings. The van der Waals surface area contributed by atoms with Crippen LogP contribution in [0.5, 0.6) is 0 Å². The van der Waals surface area contributed by atoms with E-state index in [9.17, 15) is 14.4 Å². The summed E-state index contributed by atoms with van der Waals surface area (Å²) in [5.41, 5.74) is 0. The maximum atomic E-state index is 11.1. The van der Waals surface area contributed by atoms with Crippen LogP contribution in [0.2, 0.25) is 0 Å². The third-order valence-electron chi connectivity index (χ3n) is 1.86. The zero-order chi connectivity index (χ0) is 12.4. The van der Waals surface area contributed by atoms with Gasteiger partial charge in [0.05, 0.1) is 19.6 Å². The van der Waals surface area contributed by atoms with Gasteiger partial charge in [0.25, 0.3) is 0 Å². The van der Waals surface area contributed by atoms with E-state index >= 15 is 0 Å². The van der Waals surface area contributed by atoms with Crippen LogP contribution < -0.4 is 16.0 Å². The fourth-order valence-electron chi connectivity index (χ4n) is 0.865. The predicted octanol–water partition coefficient (Wildman–Crippen LogP) is -1.19. The van der Waals surface area contributed by atoms with Gasteiger partial charge >= 0.3 is 0 Å². The summed E-state index contributed by atoms with van der Waals surface area (Å²) in [7, 11) is 0. The second-order valence-electron chi connectivity index (χ2n) is 3.23. The molecule has 3 N–H and O–H groups in total. The van der Waals surface area contributed by atoms with Gasteiger partial charge in [0.2, 0.25) is 11.8 Å². The minimum Gasteiger partial charge on any atom is -0.347 e. The molecule has 0 bridgehead atoms. The fraction of sp³-hybridized carbons (Fsp3) is 0.700. The highest BCUT2D eigenvalue weighted by molar-refractivity contribution is 5.89. The van der Waals surface area contributed by atoms with E-state index in [-0.39, 0.29) is 37.2 Å². The summed E-state index contributed by atoms with van der Waals surface area (Å²) in [5, 5.41) is 7.69. The quantitative estimate of drug-likeness (QED) is 0.488. The Balaban J connectivity index is 3.57. The van der Waals surface area contributed by atoms with E-state index in [1.54, 1.807) is 6.92 Å². The van der Waals surface area contributed by atoms with Crippen molar-refractivity contribution < 1.29 is 14.4 Å². The number of carbonyl (C=O) groups is 3. The number of hydrogen-bond donors (Lipinski definition) is 3. The van der Waals surface area contributed by atoms with Crippen molar-refractivity contribution in [3.8, 4) is 0 Å². The van der Waals surface area contributed by atoms with Crippen molar-refractivity contribution in [1.82, 2.24) is 16.0 Å². The molecule has 0 aliphatic carbocycles. The maximum Gasteiger partial charge on any atom is 0.239 e. The van der Waals surface area contributed by atoms with Crippen LogP contribution in [0.3, 0.4) is 0 Å².